The van der Waals surface area contributed by atoms with Gasteiger partial charge >= 0.3 is 0 Å². The number of anilines is 1. The minimum absolute atomic E-state index is 0.0170. The van der Waals surface area contributed by atoms with Gasteiger partial charge in [0.2, 0.25) is 5.91 Å². The molecule has 7 heteroatoms. The van der Waals surface area contributed by atoms with E-state index in [9.17, 15) is 9.59 Å². The molecule has 0 saturated carbocycles. The van der Waals surface area contributed by atoms with Gasteiger partial charge in [-0.2, -0.15) is 0 Å². The highest BCUT2D eigenvalue weighted by Crippen LogP contribution is 2.55. The van der Waals surface area contributed by atoms with Crippen LogP contribution in [0.15, 0.2) is 42.6 Å². The molecule has 4 heterocycles. The third-order valence-electron chi connectivity index (χ3n) is 7.50. The van der Waals surface area contributed by atoms with Crippen molar-refractivity contribution in [1.29, 1.82) is 0 Å². The molecule has 0 radical (unpaired) electrons. The third kappa shape index (κ3) is 4.10. The first-order valence-electron chi connectivity index (χ1n) is 11.7. The zero-order valence-corrected chi connectivity index (χ0v) is 19.5. The average Bonchev–Trinajstić information content (AvgIpc) is 2.79. The summed E-state index contributed by atoms with van der Waals surface area (Å²) >= 11 is 0. The third-order valence-corrected chi connectivity index (χ3v) is 7.50. The number of hydrogen-bond acceptors (Lipinski definition) is 5. The normalized spacial score (nSPS) is 24.9. The van der Waals surface area contributed by atoms with Crippen LogP contribution in [0.25, 0.3) is 0 Å². The molecule has 33 heavy (non-hydrogen) atoms. The number of rotatable bonds is 2. The molecule has 1 aromatic heterocycles. The first kappa shape index (κ1) is 21.9. The van der Waals surface area contributed by atoms with Crippen molar-refractivity contribution in [2.45, 2.75) is 51.7 Å². The second-order valence-electron chi connectivity index (χ2n) is 10.2. The standard InChI is InChI=1S/C26H31N3O4/c1-17(30)28-22-9-8-18(15-27-22)24(31)29-12-10-26(11-13-29)14-20-23(32-16-26)19-6-4-5-7-21(19)33-25(20,2)3/h4-9,15,20,23H,10-14,16H2,1-3H3,(H,27,28,30)/t20-,23+/m0/s1. The predicted octanol–water partition coefficient (Wildman–Crippen LogP) is 4.21. The van der Waals surface area contributed by atoms with E-state index in [-0.39, 0.29) is 34.9 Å². The van der Waals surface area contributed by atoms with Crippen molar-refractivity contribution in [1.82, 2.24) is 9.88 Å². The summed E-state index contributed by atoms with van der Waals surface area (Å²) in [4.78, 5) is 30.3. The van der Waals surface area contributed by atoms with Crippen LogP contribution in [0.5, 0.6) is 5.75 Å². The monoisotopic (exact) mass is 449 g/mol. The molecule has 0 aliphatic carbocycles. The zero-order valence-electron chi connectivity index (χ0n) is 19.5. The minimum atomic E-state index is -0.305. The number of nitrogens with one attached hydrogen (secondary N) is 1. The summed E-state index contributed by atoms with van der Waals surface area (Å²) in [5.74, 6) is 1.45. The van der Waals surface area contributed by atoms with Gasteiger partial charge in [-0.05, 0) is 56.7 Å². The molecule has 2 amide bonds. The second-order valence-corrected chi connectivity index (χ2v) is 10.2. The van der Waals surface area contributed by atoms with Crippen LogP contribution in [0.3, 0.4) is 0 Å². The molecule has 1 aromatic carbocycles. The Hall–Kier alpha value is -2.93. The van der Waals surface area contributed by atoms with E-state index in [0.717, 1.165) is 30.6 Å². The lowest BCUT2D eigenvalue weighted by atomic mass is 9.64. The summed E-state index contributed by atoms with van der Waals surface area (Å²) in [6, 6.07) is 11.6. The Bertz CT molecular complexity index is 1060. The summed E-state index contributed by atoms with van der Waals surface area (Å²) < 4.78 is 12.9. The molecule has 174 valence electrons. The molecule has 5 rings (SSSR count). The van der Waals surface area contributed by atoms with Gasteiger partial charge in [-0.3, -0.25) is 9.59 Å². The first-order chi connectivity index (χ1) is 15.8. The Labute approximate surface area is 194 Å². The van der Waals surface area contributed by atoms with Crippen molar-refractivity contribution in [2.24, 2.45) is 11.3 Å². The van der Waals surface area contributed by atoms with Crippen LogP contribution in [-0.2, 0) is 9.53 Å². The molecule has 2 saturated heterocycles. The fourth-order valence-corrected chi connectivity index (χ4v) is 5.59. The molecule has 0 unspecified atom stereocenters. The van der Waals surface area contributed by atoms with Gasteiger partial charge < -0.3 is 19.7 Å². The van der Waals surface area contributed by atoms with E-state index in [1.54, 1.807) is 12.1 Å². The number of pyridine rings is 1. The lowest BCUT2D eigenvalue weighted by Crippen LogP contribution is -2.54. The smallest absolute Gasteiger partial charge is 0.255 e. The van der Waals surface area contributed by atoms with E-state index in [4.69, 9.17) is 9.47 Å². The van der Waals surface area contributed by atoms with E-state index in [2.05, 4.69) is 30.2 Å². The maximum Gasteiger partial charge on any atom is 0.255 e. The van der Waals surface area contributed by atoms with Gasteiger partial charge in [0.1, 0.15) is 17.2 Å². The lowest BCUT2D eigenvalue weighted by molar-refractivity contribution is -0.173. The molecule has 3 aliphatic rings. The van der Waals surface area contributed by atoms with Crippen LogP contribution in [0.4, 0.5) is 5.82 Å². The Kier molecular flexibility index (Phi) is 5.40. The highest BCUT2D eigenvalue weighted by molar-refractivity contribution is 5.94. The summed E-state index contributed by atoms with van der Waals surface area (Å²) in [5.41, 5.74) is 1.46. The van der Waals surface area contributed by atoms with E-state index in [1.165, 1.54) is 13.1 Å². The number of carbonyl (C=O) groups excluding carboxylic acids is 2. The first-order valence-corrected chi connectivity index (χ1v) is 11.7. The van der Waals surface area contributed by atoms with Gasteiger partial charge in [0.25, 0.3) is 5.91 Å². The van der Waals surface area contributed by atoms with Crippen molar-refractivity contribution >= 4 is 17.6 Å². The lowest BCUT2D eigenvalue weighted by Gasteiger charge is -2.54. The summed E-state index contributed by atoms with van der Waals surface area (Å²) in [7, 11) is 0. The number of piperidine rings is 1. The number of aromatic nitrogens is 1. The van der Waals surface area contributed by atoms with Crippen molar-refractivity contribution in [3.05, 3.63) is 53.7 Å². The Morgan fingerprint density at radius 2 is 1.88 bits per heavy atom. The number of fused-ring (bicyclic) bond motifs is 3. The second kappa shape index (κ2) is 8.13. The highest BCUT2D eigenvalue weighted by Gasteiger charge is 2.52. The van der Waals surface area contributed by atoms with Crippen LogP contribution in [0.1, 0.15) is 62.1 Å². The van der Waals surface area contributed by atoms with Crippen LogP contribution in [-0.4, -0.2) is 47.0 Å². The number of amides is 2. The predicted molar refractivity (Wildman–Crippen MR) is 124 cm³/mol. The SMILES string of the molecule is CC(=O)Nc1ccc(C(=O)N2CCC3(CC2)CO[C@@H]2c4ccccc4OC(C)(C)[C@H]2C3)cn1. The fourth-order valence-electron chi connectivity index (χ4n) is 5.59. The largest absolute Gasteiger partial charge is 0.487 e. The molecule has 0 bridgehead atoms. The van der Waals surface area contributed by atoms with Crippen molar-refractivity contribution < 1.29 is 19.1 Å². The van der Waals surface area contributed by atoms with Crippen LogP contribution in [0, 0.1) is 11.3 Å². The number of nitrogens with zero attached hydrogens (tertiary/aromatic N) is 2. The van der Waals surface area contributed by atoms with E-state index < -0.39 is 0 Å². The van der Waals surface area contributed by atoms with Gasteiger partial charge in [0, 0.05) is 37.7 Å². The van der Waals surface area contributed by atoms with Crippen LogP contribution >= 0.6 is 0 Å². The number of benzene rings is 1. The molecule has 1 N–H and O–H groups in total. The number of likely N-dealkylation sites (tertiary alicyclic amines) is 1. The molecule has 7 nitrogen and oxygen atoms in total. The van der Waals surface area contributed by atoms with E-state index >= 15 is 0 Å². The summed E-state index contributed by atoms with van der Waals surface area (Å²) in [5, 5.41) is 2.63. The summed E-state index contributed by atoms with van der Waals surface area (Å²) in [6.45, 7) is 7.88. The number of carbonyl (C=O) groups is 2. The highest BCUT2D eigenvalue weighted by atomic mass is 16.5. The molecule has 2 atom stereocenters. The Morgan fingerprint density at radius 1 is 1.12 bits per heavy atom. The molecule has 2 aromatic rings. The molecule has 2 fully saturated rings. The molecule has 1 spiro atoms. The fraction of sp³-hybridized carbons (Fsp3) is 0.500. The molecule has 3 aliphatic heterocycles. The Morgan fingerprint density at radius 3 is 2.58 bits per heavy atom. The topological polar surface area (TPSA) is 80.8 Å². The van der Waals surface area contributed by atoms with Gasteiger partial charge in [-0.15, -0.1) is 0 Å². The van der Waals surface area contributed by atoms with Gasteiger partial charge in [-0.1, -0.05) is 18.2 Å². The van der Waals surface area contributed by atoms with Crippen molar-refractivity contribution in [2.75, 3.05) is 25.0 Å². The maximum absolute atomic E-state index is 13.0. The van der Waals surface area contributed by atoms with Crippen molar-refractivity contribution in [3.63, 3.8) is 0 Å². The van der Waals surface area contributed by atoms with Crippen molar-refractivity contribution in [3.8, 4) is 5.75 Å². The number of ether oxygens (including phenoxy) is 2. The van der Waals surface area contributed by atoms with Gasteiger partial charge in [0.15, 0.2) is 0 Å². The maximum atomic E-state index is 13.0. The van der Waals surface area contributed by atoms with E-state index in [0.29, 0.717) is 31.1 Å². The number of para-hydroxylation sites is 1. The zero-order chi connectivity index (χ0) is 23.2. The minimum Gasteiger partial charge on any atom is -0.487 e. The van der Waals surface area contributed by atoms with Crippen LogP contribution < -0.4 is 10.1 Å². The quantitative estimate of drug-likeness (QED) is 0.743. The Balaban J connectivity index is 1.26. The van der Waals surface area contributed by atoms with Gasteiger partial charge in [-0.25, -0.2) is 4.98 Å². The summed E-state index contributed by atoms with van der Waals surface area (Å²) in [6.07, 6.45) is 4.46. The number of hydrogen-bond donors (Lipinski definition) is 1. The van der Waals surface area contributed by atoms with E-state index in [1.807, 2.05) is 23.1 Å². The average molecular weight is 450 g/mol. The molecular weight excluding hydrogens is 418 g/mol. The van der Waals surface area contributed by atoms with Gasteiger partial charge in [0.05, 0.1) is 18.3 Å². The van der Waals surface area contributed by atoms with Crippen LogP contribution in [0.2, 0.25) is 0 Å². The molecular formula is C26H31N3O4.